The van der Waals surface area contributed by atoms with Crippen LogP contribution < -0.4 is 0 Å². The molecule has 0 nitrogen and oxygen atoms in total. The maximum absolute atomic E-state index is 5.63. The minimum Gasteiger partial charge on any atom is -0.0842 e. The van der Waals surface area contributed by atoms with Crippen LogP contribution in [0.5, 0.6) is 0 Å². The van der Waals surface area contributed by atoms with Gasteiger partial charge in [0.1, 0.15) is 0 Å². The van der Waals surface area contributed by atoms with Crippen LogP contribution in [0, 0.1) is 0 Å². The van der Waals surface area contributed by atoms with Gasteiger partial charge < -0.3 is 0 Å². The second kappa shape index (κ2) is 13.4. The van der Waals surface area contributed by atoms with E-state index < -0.39 is 0 Å². The molecule has 0 amide bonds. The van der Waals surface area contributed by atoms with Crippen molar-refractivity contribution < 1.29 is 0 Å². The van der Waals surface area contributed by atoms with E-state index in [1.54, 1.807) is 18.2 Å². The van der Waals surface area contributed by atoms with Gasteiger partial charge in [0, 0.05) is 5.02 Å². The van der Waals surface area contributed by atoms with Crippen molar-refractivity contribution in [2.24, 2.45) is 0 Å². The fourth-order valence-electron chi connectivity index (χ4n) is 1.50. The van der Waals surface area contributed by atoms with E-state index in [2.05, 4.69) is 0 Å². The number of rotatable bonds is 0. The first kappa shape index (κ1) is 27.9. The van der Waals surface area contributed by atoms with Gasteiger partial charge in [-0.2, -0.15) is 0 Å². The molecule has 0 radical (unpaired) electrons. The lowest BCUT2D eigenvalue weighted by Gasteiger charge is -1.97. The zero-order chi connectivity index (χ0) is 22.3. The fraction of sp³-hybridized carbons (Fsp3) is 0. The monoisotopic (exact) mass is 608 g/mol. The van der Waals surface area contributed by atoms with E-state index in [9.17, 15) is 0 Å². The van der Waals surface area contributed by atoms with Gasteiger partial charge in [0.2, 0.25) is 0 Å². The second-order valence-electron chi connectivity index (χ2n) is 4.90. The van der Waals surface area contributed by atoms with Crippen molar-refractivity contribution in [3.8, 4) is 0 Å². The van der Waals surface area contributed by atoms with E-state index in [4.69, 9.17) is 128 Å². The normalized spacial score (nSPS) is 9.90. The summed E-state index contributed by atoms with van der Waals surface area (Å²) in [6.45, 7) is 0. The molecule has 0 aliphatic carbocycles. The maximum Gasteiger partial charge on any atom is 0.0779 e. The zero-order valence-corrected chi connectivity index (χ0v) is 22.0. The quantitative estimate of drug-likeness (QED) is 0.175. The Morgan fingerprint density at radius 1 is 0.345 bits per heavy atom. The van der Waals surface area contributed by atoms with E-state index in [-0.39, 0.29) is 0 Å². The van der Waals surface area contributed by atoms with Crippen LogP contribution in [0.4, 0.5) is 0 Å². The van der Waals surface area contributed by atoms with Gasteiger partial charge in [-0.1, -0.05) is 134 Å². The Morgan fingerprint density at radius 3 is 0.966 bits per heavy atom. The molecule has 11 heteroatoms. The molecule has 3 aromatic rings. The molecule has 29 heavy (non-hydrogen) atoms. The Balaban J connectivity index is 0.000000218. The highest BCUT2D eigenvalue weighted by Crippen LogP contribution is 2.33. The molecule has 3 rings (SSSR count). The first-order valence-corrected chi connectivity index (χ1v) is 11.3. The van der Waals surface area contributed by atoms with Gasteiger partial charge in [0.05, 0.1) is 50.2 Å². The number of hydrogen-bond donors (Lipinski definition) is 0. The summed E-state index contributed by atoms with van der Waals surface area (Å²) in [5.74, 6) is 0. The minimum atomic E-state index is 0.340. The highest BCUT2D eigenvalue weighted by Gasteiger charge is 2.03. The van der Waals surface area contributed by atoms with Crippen LogP contribution in [-0.4, -0.2) is 0 Å². The van der Waals surface area contributed by atoms with E-state index in [1.165, 1.54) is 24.3 Å². The molecule has 0 fully saturated rings. The summed E-state index contributed by atoms with van der Waals surface area (Å²) in [4.78, 5) is 0. The summed E-state index contributed by atoms with van der Waals surface area (Å²) in [6.07, 6.45) is 0. The van der Waals surface area contributed by atoms with E-state index in [1.807, 2.05) is 0 Å². The average molecular weight is 613 g/mol. The molecule has 0 aliphatic heterocycles. The predicted molar refractivity (Wildman–Crippen MR) is 134 cm³/mol. The van der Waals surface area contributed by atoms with Gasteiger partial charge >= 0.3 is 0 Å². The van der Waals surface area contributed by atoms with Gasteiger partial charge in [-0.3, -0.25) is 0 Å². The van der Waals surface area contributed by atoms with Gasteiger partial charge in [-0.15, -0.1) is 0 Å². The molecule has 0 bridgehead atoms. The van der Waals surface area contributed by atoms with Gasteiger partial charge in [-0.05, 0) is 36.4 Å². The lowest BCUT2D eigenvalue weighted by atomic mass is 10.4. The summed E-state index contributed by atoms with van der Waals surface area (Å²) in [5, 5.41) is 4.62. The number of benzene rings is 3. The summed E-state index contributed by atoms with van der Waals surface area (Å²) < 4.78 is 0. The summed E-state index contributed by atoms with van der Waals surface area (Å²) in [7, 11) is 0. The van der Waals surface area contributed by atoms with Gasteiger partial charge in [0.15, 0.2) is 0 Å². The van der Waals surface area contributed by atoms with Gasteiger partial charge in [0.25, 0.3) is 0 Å². The van der Waals surface area contributed by atoms with Crippen molar-refractivity contribution in [2.75, 3.05) is 0 Å². The number of hydrogen-bond acceptors (Lipinski definition) is 0. The summed E-state index contributed by atoms with van der Waals surface area (Å²) >= 11 is 61.7. The molecule has 0 unspecified atom stereocenters. The SMILES string of the molecule is Clc1cc(Cl)c(Cl)c(Cl)c1.Clc1cc(Cl)c(Cl)cc1Cl.Clc1cccc(Cl)c1Cl. The van der Waals surface area contributed by atoms with Crippen LogP contribution in [-0.2, 0) is 0 Å². The standard InChI is InChI=1S/2C6H2Cl4.C6H3Cl3/c7-3-1-4(8)6(10)2-5(3)9;7-3-1-4(8)6(10)5(9)2-3;7-4-2-1-3-5(8)6(4)9/h2*1-2H;1-3H. The topological polar surface area (TPSA) is 0 Å². The average Bonchev–Trinajstić information content (AvgIpc) is 2.63. The fourth-order valence-corrected chi connectivity index (χ4v) is 3.72. The highest BCUT2D eigenvalue weighted by molar-refractivity contribution is 6.49. The molecule has 3 aromatic carbocycles. The van der Waals surface area contributed by atoms with Crippen LogP contribution in [0.2, 0.25) is 55.2 Å². The largest absolute Gasteiger partial charge is 0.0842 e. The molecular formula is C18H7Cl11. The molecule has 0 heterocycles. The second-order valence-corrected chi connectivity index (χ2v) is 9.35. The minimum absolute atomic E-state index is 0.340. The van der Waals surface area contributed by atoms with Crippen molar-refractivity contribution in [3.05, 3.63) is 97.7 Å². The van der Waals surface area contributed by atoms with E-state index in [0.29, 0.717) is 55.2 Å². The van der Waals surface area contributed by atoms with Crippen LogP contribution in [0.25, 0.3) is 0 Å². The maximum atomic E-state index is 5.63. The van der Waals surface area contributed by atoms with E-state index >= 15 is 0 Å². The number of halogens is 11. The smallest absolute Gasteiger partial charge is 0.0779 e. The first-order chi connectivity index (χ1) is 13.4. The Morgan fingerprint density at radius 2 is 0.655 bits per heavy atom. The molecule has 0 saturated heterocycles. The summed E-state index contributed by atoms with van der Waals surface area (Å²) in [5.41, 5.74) is 0. The lowest BCUT2D eigenvalue weighted by Crippen LogP contribution is -1.71. The van der Waals surface area contributed by atoms with Crippen molar-refractivity contribution in [2.45, 2.75) is 0 Å². The predicted octanol–water partition coefficient (Wildman–Crippen LogP) is 12.2. The molecule has 0 atom stereocenters. The van der Waals surface area contributed by atoms with Gasteiger partial charge in [-0.25, -0.2) is 0 Å². The van der Waals surface area contributed by atoms with Crippen LogP contribution in [0.15, 0.2) is 42.5 Å². The van der Waals surface area contributed by atoms with Crippen molar-refractivity contribution >= 4 is 128 Å². The first-order valence-electron chi connectivity index (χ1n) is 7.13. The zero-order valence-electron chi connectivity index (χ0n) is 13.7. The molecular weight excluding hydrogens is 606 g/mol. The lowest BCUT2D eigenvalue weighted by molar-refractivity contribution is 1.70. The van der Waals surface area contributed by atoms with Crippen LogP contribution in [0.1, 0.15) is 0 Å². The van der Waals surface area contributed by atoms with Crippen LogP contribution in [0.3, 0.4) is 0 Å². The van der Waals surface area contributed by atoms with Crippen molar-refractivity contribution in [1.82, 2.24) is 0 Å². The highest BCUT2D eigenvalue weighted by atomic mass is 35.5. The Kier molecular flexibility index (Phi) is 12.9. The van der Waals surface area contributed by atoms with Crippen LogP contribution >= 0.6 is 128 Å². The third kappa shape index (κ3) is 9.48. The molecule has 0 saturated carbocycles. The third-order valence-corrected chi connectivity index (χ3v) is 6.91. The Labute approximate surface area is 223 Å². The molecule has 0 aromatic heterocycles. The van der Waals surface area contributed by atoms with Crippen molar-refractivity contribution in [1.29, 1.82) is 0 Å². The van der Waals surface area contributed by atoms with Crippen molar-refractivity contribution in [3.63, 3.8) is 0 Å². The summed E-state index contributed by atoms with van der Waals surface area (Å²) in [6, 6.07) is 11.2. The molecule has 0 N–H and O–H groups in total. The molecule has 156 valence electrons. The Hall–Kier alpha value is 0.850. The molecule has 0 spiro atoms. The third-order valence-electron chi connectivity index (χ3n) is 2.82. The molecule has 0 aliphatic rings. The van der Waals surface area contributed by atoms with E-state index in [0.717, 1.165) is 0 Å². The Bertz CT molecular complexity index is 892.